The standard InChI is InChI=1S/C21H25N5/c1-4-25(5-2)19-13-11-18(12-14-19)23-20-16(3)24-26(21(20)22)15-17-9-7-6-8-10-17/h6-14,22H,4-5,15H2,1-3H3. The van der Waals surface area contributed by atoms with Crippen LogP contribution in [0.2, 0.25) is 0 Å². The average Bonchev–Trinajstić information content (AvgIpc) is 2.92. The van der Waals surface area contributed by atoms with Crippen LogP contribution in [0.3, 0.4) is 0 Å². The summed E-state index contributed by atoms with van der Waals surface area (Å²) < 4.78 is 0. The van der Waals surface area contributed by atoms with Gasteiger partial charge < -0.3 is 4.90 Å². The van der Waals surface area contributed by atoms with Gasteiger partial charge >= 0.3 is 0 Å². The summed E-state index contributed by atoms with van der Waals surface area (Å²) in [6.07, 6.45) is 0. The van der Waals surface area contributed by atoms with Gasteiger partial charge in [0.1, 0.15) is 5.71 Å². The number of hydrazone groups is 1. The van der Waals surface area contributed by atoms with Crippen LogP contribution in [0.1, 0.15) is 26.3 Å². The van der Waals surface area contributed by atoms with Crippen LogP contribution in [0, 0.1) is 5.41 Å². The fourth-order valence-electron chi connectivity index (χ4n) is 3.03. The van der Waals surface area contributed by atoms with Crippen molar-refractivity contribution < 1.29 is 0 Å². The number of nitrogens with one attached hydrogen (secondary N) is 1. The van der Waals surface area contributed by atoms with Crippen molar-refractivity contribution in [2.75, 3.05) is 18.0 Å². The lowest BCUT2D eigenvalue weighted by Gasteiger charge is -2.20. The summed E-state index contributed by atoms with van der Waals surface area (Å²) in [5, 5.41) is 14.6. The van der Waals surface area contributed by atoms with Gasteiger partial charge in [-0.05, 0) is 50.6 Å². The summed E-state index contributed by atoms with van der Waals surface area (Å²) in [4.78, 5) is 6.96. The van der Waals surface area contributed by atoms with Crippen LogP contribution in [0.25, 0.3) is 0 Å². The molecule has 5 heteroatoms. The third kappa shape index (κ3) is 3.82. The van der Waals surface area contributed by atoms with Crippen LogP contribution in [-0.2, 0) is 6.54 Å². The van der Waals surface area contributed by atoms with E-state index in [9.17, 15) is 0 Å². The Kier molecular flexibility index (Phi) is 5.46. The SMILES string of the molecule is CCN(CC)c1ccc(N=C2C(=N)N(Cc3ccccc3)N=C2C)cc1. The van der Waals surface area contributed by atoms with E-state index in [0.29, 0.717) is 18.1 Å². The van der Waals surface area contributed by atoms with E-state index in [2.05, 4.69) is 41.0 Å². The van der Waals surface area contributed by atoms with E-state index >= 15 is 0 Å². The molecule has 1 aliphatic heterocycles. The normalized spacial score (nSPS) is 15.5. The zero-order valence-electron chi connectivity index (χ0n) is 15.6. The molecule has 134 valence electrons. The van der Waals surface area contributed by atoms with Gasteiger partial charge in [0.05, 0.1) is 17.9 Å². The molecule has 5 nitrogen and oxygen atoms in total. The summed E-state index contributed by atoms with van der Waals surface area (Å²) in [6.45, 7) is 8.75. The molecule has 0 bridgehead atoms. The van der Waals surface area contributed by atoms with Crippen molar-refractivity contribution in [3.63, 3.8) is 0 Å². The predicted molar refractivity (Wildman–Crippen MR) is 110 cm³/mol. The second-order valence-electron chi connectivity index (χ2n) is 6.23. The minimum atomic E-state index is 0.346. The zero-order valence-corrected chi connectivity index (χ0v) is 15.6. The summed E-state index contributed by atoms with van der Waals surface area (Å²) in [6, 6.07) is 18.2. The average molecular weight is 347 g/mol. The highest BCUT2D eigenvalue weighted by Crippen LogP contribution is 2.21. The van der Waals surface area contributed by atoms with Crippen LogP contribution in [0.4, 0.5) is 11.4 Å². The molecular formula is C21H25N5. The maximum atomic E-state index is 8.43. The summed E-state index contributed by atoms with van der Waals surface area (Å²) >= 11 is 0. The second-order valence-corrected chi connectivity index (χ2v) is 6.23. The lowest BCUT2D eigenvalue weighted by atomic mass is 10.2. The predicted octanol–water partition coefficient (Wildman–Crippen LogP) is 4.47. The third-order valence-electron chi connectivity index (χ3n) is 4.49. The first-order chi connectivity index (χ1) is 12.6. The molecule has 0 amide bonds. The van der Waals surface area contributed by atoms with Crippen molar-refractivity contribution in [3.8, 4) is 0 Å². The van der Waals surface area contributed by atoms with E-state index in [-0.39, 0.29) is 0 Å². The van der Waals surface area contributed by atoms with E-state index in [0.717, 1.165) is 30.1 Å². The Labute approximate surface area is 155 Å². The Hall–Kier alpha value is -2.95. The minimum Gasteiger partial charge on any atom is -0.372 e. The topological polar surface area (TPSA) is 55.1 Å². The highest BCUT2D eigenvalue weighted by atomic mass is 15.5. The Balaban J connectivity index is 1.77. The first-order valence-electron chi connectivity index (χ1n) is 9.02. The Morgan fingerprint density at radius 2 is 1.65 bits per heavy atom. The first kappa shape index (κ1) is 17.9. The van der Waals surface area contributed by atoms with Crippen molar-refractivity contribution in [2.24, 2.45) is 10.1 Å². The van der Waals surface area contributed by atoms with Gasteiger partial charge in [0.25, 0.3) is 0 Å². The number of hydrogen-bond acceptors (Lipinski definition) is 4. The summed E-state index contributed by atoms with van der Waals surface area (Å²) in [7, 11) is 0. The Bertz CT molecular complexity index is 817. The van der Waals surface area contributed by atoms with E-state index in [1.54, 1.807) is 5.01 Å². The van der Waals surface area contributed by atoms with Gasteiger partial charge in [0, 0.05) is 18.8 Å². The molecule has 2 aromatic rings. The summed E-state index contributed by atoms with van der Waals surface area (Å²) in [5.41, 5.74) is 4.57. The van der Waals surface area contributed by atoms with Crippen LogP contribution in [0.5, 0.6) is 0 Å². The van der Waals surface area contributed by atoms with E-state index in [1.807, 2.05) is 49.4 Å². The maximum absolute atomic E-state index is 8.43. The van der Waals surface area contributed by atoms with Crippen LogP contribution in [0.15, 0.2) is 64.7 Å². The molecule has 3 rings (SSSR count). The van der Waals surface area contributed by atoms with E-state index in [1.165, 1.54) is 5.69 Å². The molecule has 0 atom stereocenters. The molecule has 0 saturated carbocycles. The van der Waals surface area contributed by atoms with E-state index in [4.69, 9.17) is 5.41 Å². The second kappa shape index (κ2) is 7.95. The molecule has 0 aliphatic carbocycles. The molecule has 1 heterocycles. The number of benzene rings is 2. The molecule has 0 aromatic heterocycles. The zero-order chi connectivity index (χ0) is 18.5. The molecule has 0 spiro atoms. The smallest absolute Gasteiger partial charge is 0.169 e. The number of amidine groups is 1. The van der Waals surface area contributed by atoms with Gasteiger partial charge in [-0.3, -0.25) is 5.41 Å². The van der Waals surface area contributed by atoms with Crippen LogP contribution in [-0.4, -0.2) is 35.4 Å². The van der Waals surface area contributed by atoms with E-state index < -0.39 is 0 Å². The molecule has 0 fully saturated rings. The third-order valence-corrected chi connectivity index (χ3v) is 4.49. The molecule has 1 aliphatic rings. The largest absolute Gasteiger partial charge is 0.372 e. The van der Waals surface area contributed by atoms with Gasteiger partial charge in [-0.15, -0.1) is 0 Å². The molecule has 26 heavy (non-hydrogen) atoms. The molecule has 0 unspecified atom stereocenters. The fourth-order valence-corrected chi connectivity index (χ4v) is 3.03. The summed E-state index contributed by atoms with van der Waals surface area (Å²) in [5.74, 6) is 0.346. The van der Waals surface area contributed by atoms with Gasteiger partial charge in [0.15, 0.2) is 5.84 Å². The van der Waals surface area contributed by atoms with Crippen LogP contribution < -0.4 is 4.90 Å². The minimum absolute atomic E-state index is 0.346. The number of rotatable bonds is 6. The highest BCUT2D eigenvalue weighted by Gasteiger charge is 2.25. The number of anilines is 1. The van der Waals surface area contributed by atoms with Gasteiger partial charge in [-0.1, -0.05) is 30.3 Å². The number of aliphatic imine (C=N–C) groups is 1. The molecular weight excluding hydrogens is 322 g/mol. The lowest BCUT2D eigenvalue weighted by molar-refractivity contribution is 0.449. The van der Waals surface area contributed by atoms with Crippen LogP contribution >= 0.6 is 0 Å². The maximum Gasteiger partial charge on any atom is 0.169 e. The van der Waals surface area contributed by atoms with Gasteiger partial charge in [0.2, 0.25) is 0 Å². The lowest BCUT2D eigenvalue weighted by Crippen LogP contribution is -2.26. The van der Waals surface area contributed by atoms with Gasteiger partial charge in [-0.2, -0.15) is 5.10 Å². The van der Waals surface area contributed by atoms with Crippen molar-refractivity contribution in [1.29, 1.82) is 5.41 Å². The highest BCUT2D eigenvalue weighted by molar-refractivity contribution is 6.69. The molecule has 0 saturated heterocycles. The number of nitrogens with zero attached hydrogens (tertiary/aromatic N) is 4. The van der Waals surface area contributed by atoms with Crippen molar-refractivity contribution in [1.82, 2.24) is 5.01 Å². The quantitative estimate of drug-likeness (QED) is 0.838. The Morgan fingerprint density at radius 3 is 2.27 bits per heavy atom. The fraction of sp³-hybridized carbons (Fsp3) is 0.286. The number of hydrogen-bond donors (Lipinski definition) is 1. The van der Waals surface area contributed by atoms with Crippen molar-refractivity contribution >= 4 is 28.6 Å². The van der Waals surface area contributed by atoms with Gasteiger partial charge in [-0.25, -0.2) is 10.0 Å². The first-order valence-corrected chi connectivity index (χ1v) is 9.02. The van der Waals surface area contributed by atoms with Crippen molar-refractivity contribution in [2.45, 2.75) is 27.3 Å². The Morgan fingerprint density at radius 1 is 1.00 bits per heavy atom. The van der Waals surface area contributed by atoms with Crippen molar-refractivity contribution in [3.05, 3.63) is 60.2 Å². The molecule has 0 radical (unpaired) electrons. The monoisotopic (exact) mass is 347 g/mol. The molecule has 2 aromatic carbocycles. The molecule has 1 N–H and O–H groups in total.